The van der Waals surface area contributed by atoms with Gasteiger partial charge in [0.15, 0.2) is 5.16 Å². The van der Waals surface area contributed by atoms with Gasteiger partial charge in [0.25, 0.3) is 0 Å². The lowest BCUT2D eigenvalue weighted by molar-refractivity contribution is 0.137. The van der Waals surface area contributed by atoms with Crippen molar-refractivity contribution in [2.45, 2.75) is 70.7 Å². The second kappa shape index (κ2) is 6.71. The van der Waals surface area contributed by atoms with Crippen molar-refractivity contribution < 1.29 is 0 Å². The fraction of sp³-hybridized carbons (Fsp3) is 0.812. The van der Waals surface area contributed by atoms with E-state index in [1.165, 1.54) is 31.0 Å². The first-order valence-electron chi connectivity index (χ1n) is 7.98. The number of anilines is 1. The van der Waals surface area contributed by atoms with Gasteiger partial charge in [-0.3, -0.25) is 5.32 Å². The number of rotatable bonds is 5. The monoisotopic (exact) mass is 323 g/mol. The Morgan fingerprint density at radius 1 is 1.27 bits per heavy atom. The third-order valence-electron chi connectivity index (χ3n) is 4.11. The molecule has 1 aliphatic carbocycles. The number of hydrogen-bond acceptors (Lipinski definition) is 6. The Balaban J connectivity index is 2.00. The molecule has 0 aliphatic heterocycles. The zero-order valence-corrected chi connectivity index (χ0v) is 15.4. The highest BCUT2D eigenvalue weighted by atomic mass is 32.2. The van der Waals surface area contributed by atoms with Crippen molar-refractivity contribution >= 4 is 17.7 Å². The molecule has 124 valence electrons. The molecule has 0 amide bonds. The Kier molecular flexibility index (Phi) is 5.33. The summed E-state index contributed by atoms with van der Waals surface area (Å²) in [5.74, 6) is 1.39. The predicted molar refractivity (Wildman–Crippen MR) is 93.0 cm³/mol. The van der Waals surface area contributed by atoms with Gasteiger partial charge in [-0.05, 0) is 50.7 Å². The summed E-state index contributed by atoms with van der Waals surface area (Å²) < 4.78 is 0. The van der Waals surface area contributed by atoms with Crippen LogP contribution in [-0.4, -0.2) is 32.9 Å². The first kappa shape index (κ1) is 17.5. The van der Waals surface area contributed by atoms with Crippen LogP contribution in [0.15, 0.2) is 11.5 Å². The molecule has 5 nitrogen and oxygen atoms in total. The van der Waals surface area contributed by atoms with Crippen LogP contribution in [0.3, 0.4) is 0 Å². The molecule has 0 spiro atoms. The molecule has 2 atom stereocenters. The molecule has 0 radical (unpaired) electrons. The molecule has 1 saturated carbocycles. The van der Waals surface area contributed by atoms with E-state index in [-0.39, 0.29) is 5.66 Å². The zero-order valence-electron chi connectivity index (χ0n) is 14.6. The average Bonchev–Trinajstić information content (AvgIpc) is 2.34. The summed E-state index contributed by atoms with van der Waals surface area (Å²) >= 11 is 1.52. The van der Waals surface area contributed by atoms with E-state index in [4.69, 9.17) is 0 Å². The number of thioether (sulfide) groups is 1. The van der Waals surface area contributed by atoms with Crippen molar-refractivity contribution in [1.82, 2.24) is 20.3 Å². The summed E-state index contributed by atoms with van der Waals surface area (Å²) in [6.07, 6.45) is 7.26. The van der Waals surface area contributed by atoms with Crippen LogP contribution in [-0.2, 0) is 0 Å². The smallest absolute Gasteiger partial charge is 0.228 e. The molecule has 1 heterocycles. The van der Waals surface area contributed by atoms with Gasteiger partial charge in [-0.1, -0.05) is 32.5 Å². The van der Waals surface area contributed by atoms with E-state index in [0.717, 1.165) is 11.1 Å². The lowest BCUT2D eigenvalue weighted by Gasteiger charge is -2.43. The standard InChI is InChI=1S/C16H29N5S/c1-11-7-12(9-15(2,3)8-11)20-16(4,5)21-13-17-10-18-14(19-13)22-6/h10-12,20H,7-9H2,1-6H3,(H,17,18,19,21). The minimum Gasteiger partial charge on any atom is -0.337 e. The van der Waals surface area contributed by atoms with Gasteiger partial charge >= 0.3 is 0 Å². The third-order valence-corrected chi connectivity index (χ3v) is 4.67. The largest absolute Gasteiger partial charge is 0.337 e. The highest BCUT2D eigenvalue weighted by molar-refractivity contribution is 7.98. The maximum absolute atomic E-state index is 4.40. The topological polar surface area (TPSA) is 62.7 Å². The molecule has 22 heavy (non-hydrogen) atoms. The Labute approximate surface area is 138 Å². The maximum atomic E-state index is 4.40. The van der Waals surface area contributed by atoms with E-state index in [0.29, 0.717) is 17.4 Å². The van der Waals surface area contributed by atoms with Crippen LogP contribution in [0.4, 0.5) is 5.95 Å². The fourth-order valence-corrected chi connectivity index (χ4v) is 4.05. The molecule has 6 heteroatoms. The Hall–Kier alpha value is -0.880. The van der Waals surface area contributed by atoms with Gasteiger partial charge in [-0.25, -0.2) is 9.97 Å². The van der Waals surface area contributed by atoms with Gasteiger partial charge in [-0.2, -0.15) is 4.98 Å². The van der Waals surface area contributed by atoms with Gasteiger partial charge in [-0.15, -0.1) is 0 Å². The van der Waals surface area contributed by atoms with Crippen LogP contribution in [0.2, 0.25) is 0 Å². The number of nitrogens with one attached hydrogen (secondary N) is 2. The van der Waals surface area contributed by atoms with Gasteiger partial charge in [0.1, 0.15) is 6.33 Å². The lowest BCUT2D eigenvalue weighted by atomic mass is 9.70. The van der Waals surface area contributed by atoms with Crippen LogP contribution in [0.25, 0.3) is 0 Å². The summed E-state index contributed by atoms with van der Waals surface area (Å²) in [5.41, 5.74) is 0.152. The molecule has 0 saturated heterocycles. The minimum absolute atomic E-state index is 0.255. The van der Waals surface area contributed by atoms with Crippen LogP contribution in [0.1, 0.15) is 53.9 Å². The molecule has 1 aromatic heterocycles. The lowest BCUT2D eigenvalue weighted by Crippen LogP contribution is -2.54. The zero-order chi connectivity index (χ0) is 16.4. The number of nitrogens with zero attached hydrogens (tertiary/aromatic N) is 3. The first-order chi connectivity index (χ1) is 10.2. The molecule has 0 bridgehead atoms. The molecule has 2 rings (SSSR count). The van der Waals surface area contributed by atoms with E-state index in [1.807, 2.05) is 6.26 Å². The van der Waals surface area contributed by atoms with Crippen molar-refractivity contribution in [3.63, 3.8) is 0 Å². The molecule has 1 fully saturated rings. The first-order valence-corrected chi connectivity index (χ1v) is 9.20. The van der Waals surface area contributed by atoms with Gasteiger partial charge < -0.3 is 5.32 Å². The van der Waals surface area contributed by atoms with Crippen molar-refractivity contribution in [3.8, 4) is 0 Å². The van der Waals surface area contributed by atoms with Crippen LogP contribution in [0.5, 0.6) is 0 Å². The molecule has 0 aromatic carbocycles. The molecule has 1 aliphatic rings. The minimum atomic E-state index is -0.255. The number of aromatic nitrogens is 3. The summed E-state index contributed by atoms with van der Waals surface area (Å²) in [5, 5.41) is 7.88. The van der Waals surface area contributed by atoms with Crippen molar-refractivity contribution in [2.24, 2.45) is 11.3 Å². The van der Waals surface area contributed by atoms with Gasteiger partial charge in [0.2, 0.25) is 5.95 Å². The quantitative estimate of drug-likeness (QED) is 0.638. The third kappa shape index (κ3) is 5.09. The fourth-order valence-electron chi connectivity index (χ4n) is 3.72. The molecular formula is C16H29N5S. The van der Waals surface area contributed by atoms with E-state index < -0.39 is 0 Å². The summed E-state index contributed by atoms with van der Waals surface area (Å²) in [4.78, 5) is 12.7. The van der Waals surface area contributed by atoms with E-state index in [1.54, 1.807) is 6.33 Å². The molecule has 1 aromatic rings. The normalized spacial score (nSPS) is 25.0. The van der Waals surface area contributed by atoms with Crippen LogP contribution in [0, 0.1) is 11.3 Å². The Bertz CT molecular complexity index is 503. The predicted octanol–water partition coefficient (Wildman–Crippen LogP) is 3.55. The van der Waals surface area contributed by atoms with Gasteiger partial charge in [0, 0.05) is 6.04 Å². The summed E-state index contributed by atoms with van der Waals surface area (Å²) in [6.45, 7) is 11.4. The maximum Gasteiger partial charge on any atom is 0.228 e. The van der Waals surface area contributed by atoms with E-state index >= 15 is 0 Å². The van der Waals surface area contributed by atoms with Crippen LogP contribution < -0.4 is 10.6 Å². The number of hydrogen-bond donors (Lipinski definition) is 2. The van der Waals surface area contributed by atoms with Crippen molar-refractivity contribution in [3.05, 3.63) is 6.33 Å². The Morgan fingerprint density at radius 2 is 2.00 bits per heavy atom. The van der Waals surface area contributed by atoms with Crippen LogP contribution >= 0.6 is 11.8 Å². The molecule has 2 N–H and O–H groups in total. The average molecular weight is 324 g/mol. The highest BCUT2D eigenvalue weighted by Gasteiger charge is 2.34. The van der Waals surface area contributed by atoms with E-state index in [2.05, 4.69) is 60.2 Å². The second-order valence-electron chi connectivity index (χ2n) is 7.80. The summed E-state index contributed by atoms with van der Waals surface area (Å²) in [6, 6.07) is 0.517. The highest BCUT2D eigenvalue weighted by Crippen LogP contribution is 2.39. The molecule has 2 unspecified atom stereocenters. The van der Waals surface area contributed by atoms with E-state index in [9.17, 15) is 0 Å². The molecular weight excluding hydrogens is 294 g/mol. The van der Waals surface area contributed by atoms with Crippen molar-refractivity contribution in [2.75, 3.05) is 11.6 Å². The Morgan fingerprint density at radius 3 is 2.64 bits per heavy atom. The summed E-state index contributed by atoms with van der Waals surface area (Å²) in [7, 11) is 0. The SMILES string of the molecule is CSc1ncnc(NC(C)(C)NC2CC(C)CC(C)(C)C2)n1. The van der Waals surface area contributed by atoms with Gasteiger partial charge in [0.05, 0.1) is 5.66 Å². The second-order valence-corrected chi connectivity index (χ2v) is 8.57. The van der Waals surface area contributed by atoms with Crippen molar-refractivity contribution in [1.29, 1.82) is 0 Å².